The van der Waals surface area contributed by atoms with Crippen molar-refractivity contribution in [1.82, 2.24) is 0 Å². The summed E-state index contributed by atoms with van der Waals surface area (Å²) in [6.07, 6.45) is 0. The second-order valence-electron chi connectivity index (χ2n) is 1.93. The van der Waals surface area contributed by atoms with E-state index < -0.39 is 0 Å². The fraction of sp³-hybridized carbons (Fsp3) is 0.714. The Kier molecular flexibility index (Phi) is 7.03. The van der Waals surface area contributed by atoms with E-state index in [1.54, 1.807) is 7.11 Å². The topological polar surface area (TPSA) is 18.5 Å². The van der Waals surface area contributed by atoms with E-state index in [2.05, 4.69) is 6.58 Å². The van der Waals surface area contributed by atoms with Crippen LogP contribution in [0.5, 0.6) is 0 Å². The number of rotatable bonds is 6. The zero-order chi connectivity index (χ0) is 7.82. The second-order valence-corrected chi connectivity index (χ2v) is 2.20. The number of hydrogen-bond acceptors (Lipinski definition) is 2. The molecule has 0 aliphatic carbocycles. The van der Waals surface area contributed by atoms with Crippen molar-refractivity contribution in [3.8, 4) is 0 Å². The van der Waals surface area contributed by atoms with Crippen LogP contribution in [0.1, 0.15) is 0 Å². The van der Waals surface area contributed by atoms with Gasteiger partial charge in [-0.1, -0.05) is 6.58 Å². The van der Waals surface area contributed by atoms with Crippen molar-refractivity contribution < 1.29 is 9.47 Å². The van der Waals surface area contributed by atoms with Crippen LogP contribution in [0, 0.1) is 0 Å². The molecule has 10 heavy (non-hydrogen) atoms. The second kappa shape index (κ2) is 7.06. The van der Waals surface area contributed by atoms with Gasteiger partial charge in [-0.2, -0.15) is 0 Å². The number of alkyl halides is 1. The highest BCUT2D eigenvalue weighted by Crippen LogP contribution is 1.93. The molecule has 0 aromatic rings. The summed E-state index contributed by atoms with van der Waals surface area (Å²) in [4.78, 5) is 0. The van der Waals surface area contributed by atoms with E-state index in [0.717, 1.165) is 5.57 Å². The Morgan fingerprint density at radius 3 is 2.70 bits per heavy atom. The van der Waals surface area contributed by atoms with Gasteiger partial charge in [0.05, 0.1) is 19.8 Å². The minimum Gasteiger partial charge on any atom is -0.382 e. The molecule has 0 saturated heterocycles. The third-order valence-electron chi connectivity index (χ3n) is 0.927. The van der Waals surface area contributed by atoms with Gasteiger partial charge >= 0.3 is 0 Å². The predicted molar refractivity (Wildman–Crippen MR) is 42.6 cm³/mol. The molecule has 60 valence electrons. The van der Waals surface area contributed by atoms with Crippen LogP contribution < -0.4 is 0 Å². The SMILES string of the molecule is C=C(CCl)COCCOC. The van der Waals surface area contributed by atoms with Crippen molar-refractivity contribution in [2.45, 2.75) is 0 Å². The fourth-order valence-corrected chi connectivity index (χ4v) is 0.474. The van der Waals surface area contributed by atoms with Crippen LogP contribution in [0.2, 0.25) is 0 Å². The standard InChI is InChI=1S/C7H13ClO2/c1-7(5-8)6-10-4-3-9-2/h1,3-6H2,2H3. The smallest absolute Gasteiger partial charge is 0.0704 e. The van der Waals surface area contributed by atoms with Crippen molar-refractivity contribution in [3.63, 3.8) is 0 Å². The highest BCUT2D eigenvalue weighted by atomic mass is 35.5. The molecule has 0 aliphatic heterocycles. The lowest BCUT2D eigenvalue weighted by molar-refractivity contribution is 0.0825. The summed E-state index contributed by atoms with van der Waals surface area (Å²) in [5, 5.41) is 0. The molecule has 0 unspecified atom stereocenters. The molecule has 0 atom stereocenters. The molecule has 0 saturated carbocycles. The maximum absolute atomic E-state index is 5.45. The maximum atomic E-state index is 5.45. The molecule has 3 heteroatoms. The summed E-state index contributed by atoms with van der Waals surface area (Å²) in [7, 11) is 1.64. The van der Waals surface area contributed by atoms with Gasteiger partial charge in [-0.15, -0.1) is 11.6 Å². The van der Waals surface area contributed by atoms with Gasteiger partial charge in [0.15, 0.2) is 0 Å². The number of methoxy groups -OCH3 is 1. The van der Waals surface area contributed by atoms with Crippen LogP contribution >= 0.6 is 11.6 Å². The molecule has 0 N–H and O–H groups in total. The highest BCUT2D eigenvalue weighted by molar-refractivity contribution is 6.19. The average molecular weight is 165 g/mol. The molecule has 0 fully saturated rings. The Hall–Kier alpha value is -0.0500. The lowest BCUT2D eigenvalue weighted by Crippen LogP contribution is -2.04. The first kappa shape index (κ1) is 9.95. The molecule has 2 nitrogen and oxygen atoms in total. The Bertz CT molecular complexity index is 93.6. The number of halogens is 1. The maximum Gasteiger partial charge on any atom is 0.0704 e. The van der Waals surface area contributed by atoms with Gasteiger partial charge in [0.1, 0.15) is 0 Å². The quantitative estimate of drug-likeness (QED) is 0.336. The van der Waals surface area contributed by atoms with E-state index in [0.29, 0.717) is 25.7 Å². The normalized spacial score (nSPS) is 9.80. The Labute approximate surface area is 66.8 Å². The Morgan fingerprint density at radius 2 is 2.20 bits per heavy atom. The summed E-state index contributed by atoms with van der Waals surface area (Å²) >= 11 is 5.45. The van der Waals surface area contributed by atoms with Crippen LogP contribution in [0.4, 0.5) is 0 Å². The first-order valence-corrected chi connectivity index (χ1v) is 3.64. The van der Waals surface area contributed by atoms with Crippen LogP contribution in [0.25, 0.3) is 0 Å². The molecule has 0 radical (unpaired) electrons. The molecule has 0 rings (SSSR count). The van der Waals surface area contributed by atoms with Gasteiger partial charge in [-0.25, -0.2) is 0 Å². The Morgan fingerprint density at radius 1 is 1.50 bits per heavy atom. The van der Waals surface area contributed by atoms with Crippen molar-refractivity contribution in [2.24, 2.45) is 0 Å². The van der Waals surface area contributed by atoms with Crippen LogP contribution in [-0.4, -0.2) is 32.8 Å². The molecule has 0 aromatic carbocycles. The van der Waals surface area contributed by atoms with E-state index in [-0.39, 0.29) is 0 Å². The first-order valence-electron chi connectivity index (χ1n) is 3.10. The first-order chi connectivity index (χ1) is 4.81. The highest BCUT2D eigenvalue weighted by Gasteiger charge is 1.90. The van der Waals surface area contributed by atoms with E-state index in [1.165, 1.54) is 0 Å². The third kappa shape index (κ3) is 6.08. The van der Waals surface area contributed by atoms with Crippen molar-refractivity contribution >= 4 is 11.6 Å². The van der Waals surface area contributed by atoms with Gasteiger partial charge in [0.2, 0.25) is 0 Å². The minimum atomic E-state index is 0.465. The Balaban J connectivity index is 2.96. The summed E-state index contributed by atoms with van der Waals surface area (Å²) in [5.74, 6) is 0.465. The lowest BCUT2D eigenvalue weighted by Gasteiger charge is -2.02. The zero-order valence-corrected chi connectivity index (χ0v) is 6.99. The third-order valence-corrected chi connectivity index (χ3v) is 1.30. The van der Waals surface area contributed by atoms with E-state index in [9.17, 15) is 0 Å². The van der Waals surface area contributed by atoms with Crippen LogP contribution in [0.15, 0.2) is 12.2 Å². The molecule has 0 heterocycles. The van der Waals surface area contributed by atoms with Crippen molar-refractivity contribution in [2.75, 3.05) is 32.8 Å². The molecule has 0 amide bonds. The van der Waals surface area contributed by atoms with Gasteiger partial charge in [-0.05, 0) is 5.57 Å². The summed E-state index contributed by atoms with van der Waals surface area (Å²) in [5.41, 5.74) is 0.901. The average Bonchev–Trinajstić information content (AvgIpc) is 1.98. The summed E-state index contributed by atoms with van der Waals surface area (Å²) in [6.45, 7) is 5.43. The van der Waals surface area contributed by atoms with Crippen molar-refractivity contribution in [1.29, 1.82) is 0 Å². The monoisotopic (exact) mass is 164 g/mol. The zero-order valence-electron chi connectivity index (χ0n) is 6.23. The summed E-state index contributed by atoms with van der Waals surface area (Å²) < 4.78 is 9.89. The molecule has 0 aliphatic rings. The number of hydrogen-bond donors (Lipinski definition) is 0. The van der Waals surface area contributed by atoms with Crippen LogP contribution in [0.3, 0.4) is 0 Å². The van der Waals surface area contributed by atoms with Gasteiger partial charge in [-0.3, -0.25) is 0 Å². The molecular weight excluding hydrogens is 152 g/mol. The van der Waals surface area contributed by atoms with Crippen molar-refractivity contribution in [3.05, 3.63) is 12.2 Å². The van der Waals surface area contributed by atoms with Gasteiger partial charge < -0.3 is 9.47 Å². The van der Waals surface area contributed by atoms with E-state index in [1.807, 2.05) is 0 Å². The fourth-order valence-electron chi connectivity index (χ4n) is 0.397. The summed E-state index contributed by atoms with van der Waals surface area (Å²) in [6, 6.07) is 0. The lowest BCUT2D eigenvalue weighted by atomic mass is 10.4. The van der Waals surface area contributed by atoms with Gasteiger partial charge in [0.25, 0.3) is 0 Å². The molecule has 0 spiro atoms. The largest absolute Gasteiger partial charge is 0.382 e. The molecule has 0 aromatic heterocycles. The predicted octanol–water partition coefficient (Wildman–Crippen LogP) is 1.44. The number of ether oxygens (including phenoxy) is 2. The van der Waals surface area contributed by atoms with E-state index >= 15 is 0 Å². The van der Waals surface area contributed by atoms with E-state index in [4.69, 9.17) is 21.1 Å². The minimum absolute atomic E-state index is 0.465. The molecule has 0 bridgehead atoms. The van der Waals surface area contributed by atoms with Gasteiger partial charge in [0, 0.05) is 13.0 Å². The van der Waals surface area contributed by atoms with Crippen LogP contribution in [-0.2, 0) is 9.47 Å². The molecular formula is C7H13ClO2.